The van der Waals surface area contributed by atoms with Crippen LogP contribution in [0.5, 0.6) is 0 Å². The van der Waals surface area contributed by atoms with Gasteiger partial charge in [-0.1, -0.05) is 11.6 Å². The number of halogens is 1. The molecule has 0 bridgehead atoms. The maximum atomic E-state index is 12.1. The van der Waals surface area contributed by atoms with Crippen molar-refractivity contribution in [1.82, 2.24) is 0 Å². The van der Waals surface area contributed by atoms with Gasteiger partial charge < -0.3 is 11.1 Å². The van der Waals surface area contributed by atoms with Gasteiger partial charge in [0.1, 0.15) is 4.75 Å². The van der Waals surface area contributed by atoms with Crippen molar-refractivity contribution in [3.05, 3.63) is 22.7 Å². The Kier molecular flexibility index (Phi) is 4.17. The topological polar surface area (TPSA) is 89.3 Å². The van der Waals surface area contributed by atoms with E-state index in [0.29, 0.717) is 22.0 Å². The lowest BCUT2D eigenvalue weighted by atomic mass is 10.1. The number of nitrogens with two attached hydrogens (primary N) is 1. The maximum Gasteiger partial charge on any atom is 0.245 e. The average Bonchev–Trinajstić information content (AvgIpc) is 2.24. The second-order valence-corrected chi connectivity index (χ2v) is 7.90. The molecule has 0 saturated heterocycles. The number of benzene rings is 1. The highest BCUT2D eigenvalue weighted by atomic mass is 35.5. The molecule has 0 unspecified atom stereocenters. The molecule has 1 amide bonds. The van der Waals surface area contributed by atoms with E-state index in [1.807, 2.05) is 0 Å². The van der Waals surface area contributed by atoms with Crippen LogP contribution in [0.25, 0.3) is 0 Å². The fourth-order valence-corrected chi connectivity index (χ4v) is 1.83. The van der Waals surface area contributed by atoms with Crippen molar-refractivity contribution in [2.24, 2.45) is 0 Å². The number of nitrogen functional groups attached to an aromatic ring is 1. The summed E-state index contributed by atoms with van der Waals surface area (Å²) >= 11 is 5.88. The van der Waals surface area contributed by atoms with E-state index in [1.165, 1.54) is 19.9 Å². The molecule has 0 heterocycles. The van der Waals surface area contributed by atoms with Crippen molar-refractivity contribution in [3.63, 3.8) is 0 Å². The Labute approximate surface area is 118 Å². The average molecular weight is 305 g/mol. The highest BCUT2D eigenvalue weighted by Crippen LogP contribution is 2.28. The van der Waals surface area contributed by atoms with Crippen LogP contribution in [0.15, 0.2) is 12.1 Å². The lowest BCUT2D eigenvalue weighted by Gasteiger charge is -2.22. The minimum absolute atomic E-state index is 0.304. The lowest BCUT2D eigenvalue weighted by molar-refractivity contribution is -0.117. The molecule has 0 saturated carbocycles. The predicted molar refractivity (Wildman–Crippen MR) is 78.2 cm³/mol. The van der Waals surface area contributed by atoms with Crippen molar-refractivity contribution in [3.8, 4) is 0 Å². The number of hydrogen-bond donors (Lipinski definition) is 2. The van der Waals surface area contributed by atoms with Crippen molar-refractivity contribution in [2.75, 3.05) is 17.3 Å². The maximum absolute atomic E-state index is 12.1. The Hall–Kier alpha value is -1.27. The van der Waals surface area contributed by atoms with Crippen molar-refractivity contribution < 1.29 is 13.2 Å². The largest absolute Gasteiger partial charge is 0.398 e. The van der Waals surface area contributed by atoms with Gasteiger partial charge in [0.25, 0.3) is 0 Å². The molecule has 1 aromatic carbocycles. The van der Waals surface area contributed by atoms with Crippen LogP contribution in [0, 0.1) is 6.92 Å². The summed E-state index contributed by atoms with van der Waals surface area (Å²) in [5, 5.41) is 2.87. The Bertz CT molecular complexity index is 624. The van der Waals surface area contributed by atoms with Gasteiger partial charge >= 0.3 is 0 Å². The van der Waals surface area contributed by atoms with E-state index in [1.54, 1.807) is 13.0 Å². The van der Waals surface area contributed by atoms with E-state index < -0.39 is 20.5 Å². The molecule has 0 aliphatic heterocycles. The van der Waals surface area contributed by atoms with Crippen LogP contribution >= 0.6 is 11.6 Å². The minimum atomic E-state index is -3.52. The smallest absolute Gasteiger partial charge is 0.245 e. The fraction of sp³-hybridized carbons (Fsp3) is 0.417. The van der Waals surface area contributed by atoms with E-state index in [0.717, 1.165) is 6.26 Å². The Morgan fingerprint density at radius 1 is 1.37 bits per heavy atom. The lowest BCUT2D eigenvalue weighted by Crippen LogP contribution is -2.44. The summed E-state index contributed by atoms with van der Waals surface area (Å²) in [6.07, 6.45) is 1.02. The first-order chi connectivity index (χ1) is 8.46. The van der Waals surface area contributed by atoms with Gasteiger partial charge in [-0.3, -0.25) is 4.79 Å². The molecule has 106 valence electrons. The molecule has 0 aliphatic rings. The summed E-state index contributed by atoms with van der Waals surface area (Å²) in [6.45, 7) is 4.45. The van der Waals surface area contributed by atoms with Crippen LogP contribution < -0.4 is 11.1 Å². The monoisotopic (exact) mass is 304 g/mol. The molecule has 0 radical (unpaired) electrons. The number of carbonyl (C=O) groups excluding carboxylic acids is 1. The summed E-state index contributed by atoms with van der Waals surface area (Å²) in [5.74, 6) is -0.612. The molecule has 1 rings (SSSR count). The molecule has 0 aromatic heterocycles. The van der Waals surface area contributed by atoms with Crippen molar-refractivity contribution >= 4 is 38.7 Å². The zero-order valence-corrected chi connectivity index (χ0v) is 12.8. The summed E-state index contributed by atoms with van der Waals surface area (Å²) in [5.41, 5.74) is 7.19. The van der Waals surface area contributed by atoms with Crippen LogP contribution in [-0.2, 0) is 14.6 Å². The number of nitrogens with one attached hydrogen (secondary N) is 1. The van der Waals surface area contributed by atoms with E-state index in [2.05, 4.69) is 5.32 Å². The van der Waals surface area contributed by atoms with Gasteiger partial charge in [-0.25, -0.2) is 8.42 Å². The molecule has 1 aromatic rings. The number of sulfone groups is 1. The highest BCUT2D eigenvalue weighted by Gasteiger charge is 2.38. The number of rotatable bonds is 3. The van der Waals surface area contributed by atoms with Gasteiger partial charge in [-0.2, -0.15) is 0 Å². The standard InChI is InChI=1S/C12H17ClN2O3S/c1-7-5-9(14)8(13)6-10(7)15-11(16)12(2,3)19(4,17)18/h5-6H,14H2,1-4H3,(H,15,16). The molecular formula is C12H17ClN2O3S. The van der Waals surface area contributed by atoms with E-state index in [-0.39, 0.29) is 0 Å². The zero-order valence-electron chi connectivity index (χ0n) is 11.2. The van der Waals surface area contributed by atoms with Gasteiger partial charge in [0.15, 0.2) is 9.84 Å². The molecule has 0 aliphatic carbocycles. The normalized spacial score (nSPS) is 12.3. The minimum Gasteiger partial charge on any atom is -0.398 e. The van der Waals surface area contributed by atoms with Crippen LogP contribution in [0.4, 0.5) is 11.4 Å². The number of aryl methyl sites for hydroxylation is 1. The van der Waals surface area contributed by atoms with Gasteiger partial charge in [0.05, 0.1) is 10.7 Å². The summed E-state index contributed by atoms with van der Waals surface area (Å²) < 4.78 is 21.6. The number of amides is 1. The van der Waals surface area contributed by atoms with Crippen LogP contribution in [0.3, 0.4) is 0 Å². The van der Waals surface area contributed by atoms with Crippen LogP contribution in [0.1, 0.15) is 19.4 Å². The second kappa shape index (κ2) is 5.02. The second-order valence-electron chi connectivity index (χ2n) is 4.93. The molecular weight excluding hydrogens is 288 g/mol. The number of anilines is 2. The van der Waals surface area contributed by atoms with Gasteiger partial charge in [0, 0.05) is 11.9 Å². The third-order valence-electron chi connectivity index (χ3n) is 3.07. The third-order valence-corrected chi connectivity index (χ3v) is 5.43. The number of hydrogen-bond acceptors (Lipinski definition) is 4. The fourth-order valence-electron chi connectivity index (χ4n) is 1.28. The van der Waals surface area contributed by atoms with E-state index in [9.17, 15) is 13.2 Å². The van der Waals surface area contributed by atoms with Crippen LogP contribution in [0.2, 0.25) is 5.02 Å². The first-order valence-corrected chi connectivity index (χ1v) is 7.80. The SMILES string of the molecule is Cc1cc(N)c(Cl)cc1NC(=O)C(C)(C)S(C)(=O)=O. The first-order valence-electron chi connectivity index (χ1n) is 5.53. The summed E-state index contributed by atoms with van der Waals surface area (Å²) in [6, 6.07) is 3.12. The summed E-state index contributed by atoms with van der Waals surface area (Å²) in [7, 11) is -3.52. The quantitative estimate of drug-likeness (QED) is 0.836. The molecule has 5 nitrogen and oxygen atoms in total. The molecule has 0 spiro atoms. The molecule has 19 heavy (non-hydrogen) atoms. The highest BCUT2D eigenvalue weighted by molar-refractivity contribution is 7.92. The first kappa shape index (κ1) is 15.8. The molecule has 3 N–H and O–H groups in total. The van der Waals surface area contributed by atoms with Crippen molar-refractivity contribution in [1.29, 1.82) is 0 Å². The van der Waals surface area contributed by atoms with Gasteiger partial charge in [0.2, 0.25) is 5.91 Å². The number of carbonyl (C=O) groups is 1. The Morgan fingerprint density at radius 3 is 2.37 bits per heavy atom. The summed E-state index contributed by atoms with van der Waals surface area (Å²) in [4.78, 5) is 12.1. The third kappa shape index (κ3) is 3.19. The van der Waals surface area contributed by atoms with Gasteiger partial charge in [-0.15, -0.1) is 0 Å². The van der Waals surface area contributed by atoms with Gasteiger partial charge in [-0.05, 0) is 38.5 Å². The van der Waals surface area contributed by atoms with E-state index in [4.69, 9.17) is 17.3 Å². The Balaban J connectivity index is 3.11. The van der Waals surface area contributed by atoms with Crippen molar-refractivity contribution in [2.45, 2.75) is 25.5 Å². The Morgan fingerprint density at radius 2 is 1.89 bits per heavy atom. The molecule has 7 heteroatoms. The van der Waals surface area contributed by atoms with E-state index >= 15 is 0 Å². The van der Waals surface area contributed by atoms with Crippen LogP contribution in [-0.4, -0.2) is 25.3 Å². The predicted octanol–water partition coefficient (Wildman–Crippen LogP) is 1.99. The molecule has 0 fully saturated rings. The zero-order chi connectivity index (χ0) is 15.0. The molecule has 0 atom stereocenters.